The lowest BCUT2D eigenvalue weighted by molar-refractivity contribution is -0.185. The minimum Gasteiger partial charge on any atom is -0.457 e. The van der Waals surface area contributed by atoms with E-state index >= 15 is 4.39 Å². The molecule has 1 N–H and O–H groups in total. The van der Waals surface area contributed by atoms with Crippen LogP contribution in [0.2, 0.25) is 0 Å². The van der Waals surface area contributed by atoms with Gasteiger partial charge in [0.25, 0.3) is 0 Å². The number of ether oxygens (including phenoxy) is 1. The monoisotopic (exact) mass is 402 g/mol. The first kappa shape index (κ1) is 20.2. The number of allylic oxidation sites excluding steroid dienone is 5. The number of alkyl halides is 1. The van der Waals surface area contributed by atoms with E-state index in [9.17, 15) is 19.5 Å². The first-order valence-corrected chi connectivity index (χ1v) is 10.2. The van der Waals surface area contributed by atoms with Crippen molar-refractivity contribution in [2.75, 3.05) is 6.61 Å². The lowest BCUT2D eigenvalue weighted by atomic mass is 9.45. The van der Waals surface area contributed by atoms with Crippen molar-refractivity contribution in [2.24, 2.45) is 22.7 Å². The summed E-state index contributed by atoms with van der Waals surface area (Å²) in [5, 5.41) is 11.1. The van der Waals surface area contributed by atoms with Gasteiger partial charge in [-0.25, -0.2) is 4.39 Å². The normalized spacial score (nSPS) is 42.9. The van der Waals surface area contributed by atoms with Crippen LogP contribution in [-0.4, -0.2) is 41.0 Å². The summed E-state index contributed by atoms with van der Waals surface area (Å²) < 4.78 is 21.7. The summed E-state index contributed by atoms with van der Waals surface area (Å²) in [6.45, 7) is 4.60. The molecule has 4 rings (SSSR count). The van der Waals surface area contributed by atoms with E-state index in [1.54, 1.807) is 13.0 Å². The molecule has 0 spiro atoms. The molecular weight excluding hydrogens is 375 g/mol. The smallest absolute Gasteiger partial charge is 0.303 e. The third kappa shape index (κ3) is 2.64. The van der Waals surface area contributed by atoms with Gasteiger partial charge in [-0.1, -0.05) is 24.6 Å². The summed E-state index contributed by atoms with van der Waals surface area (Å²) in [5.41, 5.74) is -2.33. The van der Waals surface area contributed by atoms with Crippen LogP contribution in [0.25, 0.3) is 0 Å². The fourth-order valence-electron chi connectivity index (χ4n) is 6.46. The molecule has 0 aromatic rings. The second kappa shape index (κ2) is 6.46. The molecule has 2 fully saturated rings. The lowest BCUT2D eigenvalue weighted by Crippen LogP contribution is -2.66. The van der Waals surface area contributed by atoms with Crippen LogP contribution in [0.15, 0.2) is 35.5 Å². The Morgan fingerprint density at radius 3 is 2.72 bits per heavy atom. The zero-order valence-corrected chi connectivity index (χ0v) is 17.0. The van der Waals surface area contributed by atoms with Crippen LogP contribution in [0.1, 0.15) is 46.5 Å². The number of fused-ring (bicyclic) bond motifs is 5. The molecule has 0 saturated heterocycles. The number of carbonyl (C=O) groups is 3. The van der Waals surface area contributed by atoms with Crippen LogP contribution in [-0.2, 0) is 19.1 Å². The first-order chi connectivity index (χ1) is 13.5. The van der Waals surface area contributed by atoms with Crippen LogP contribution < -0.4 is 0 Å². The Hall–Kier alpha value is -2.08. The van der Waals surface area contributed by atoms with Gasteiger partial charge in [0, 0.05) is 29.2 Å². The van der Waals surface area contributed by atoms with Gasteiger partial charge in [0.2, 0.25) is 0 Å². The second-order valence-electron chi connectivity index (χ2n) is 9.32. The molecule has 0 bridgehead atoms. The van der Waals surface area contributed by atoms with Crippen LogP contribution >= 0.6 is 0 Å². The van der Waals surface area contributed by atoms with E-state index in [-0.39, 0.29) is 30.5 Å². The van der Waals surface area contributed by atoms with Crippen molar-refractivity contribution in [2.45, 2.75) is 58.2 Å². The molecule has 0 aliphatic heterocycles. The van der Waals surface area contributed by atoms with Gasteiger partial charge in [0.15, 0.2) is 23.8 Å². The Morgan fingerprint density at radius 2 is 2.03 bits per heavy atom. The molecule has 0 radical (unpaired) electrons. The Bertz CT molecular complexity index is 886. The highest BCUT2D eigenvalue weighted by molar-refractivity contribution is 6.01. The summed E-state index contributed by atoms with van der Waals surface area (Å²) >= 11 is 0. The zero-order valence-electron chi connectivity index (χ0n) is 17.0. The highest BCUT2D eigenvalue weighted by atomic mass is 19.1. The Kier molecular flexibility index (Phi) is 4.50. The number of halogens is 1. The molecular formula is C23H27FO5. The Morgan fingerprint density at radius 1 is 1.31 bits per heavy atom. The summed E-state index contributed by atoms with van der Waals surface area (Å²) in [6, 6.07) is 0. The van der Waals surface area contributed by atoms with E-state index < -0.39 is 34.5 Å². The number of aliphatic hydroxyl groups excluding tert-OH is 1. The van der Waals surface area contributed by atoms with Crippen molar-refractivity contribution in [1.82, 2.24) is 0 Å². The maximum Gasteiger partial charge on any atom is 0.303 e. The topological polar surface area (TPSA) is 80.7 Å². The molecule has 6 heteroatoms. The fraction of sp³-hybridized carbons (Fsp3) is 0.609. The molecule has 2 saturated carbocycles. The zero-order chi connectivity index (χ0) is 21.2. The molecule has 6 atom stereocenters. The predicted octanol–water partition coefficient (Wildman–Crippen LogP) is 3.03. The molecule has 0 aromatic carbocycles. The molecule has 0 unspecified atom stereocenters. The largest absolute Gasteiger partial charge is 0.457 e. The van der Waals surface area contributed by atoms with Gasteiger partial charge in [0.1, 0.15) is 0 Å². The van der Waals surface area contributed by atoms with Gasteiger partial charge in [-0.15, -0.1) is 0 Å². The van der Waals surface area contributed by atoms with Crippen molar-refractivity contribution in [3.63, 3.8) is 0 Å². The standard InChI is InChI=1S/C23H27FO5/c1-13(25)29-12-19(27)18-7-6-16-17-5-4-14-10-15(26)8-9-22(14,3)23(17,24)20(28)11-21(16,18)2/h7-10,16-17,20,28H,4-6,11-12H2,1-3H3/t16-,17-,20-,21+,22+,23-/m1/s1. The van der Waals surface area contributed by atoms with Gasteiger partial charge in [-0.3, -0.25) is 14.4 Å². The Balaban J connectivity index is 1.68. The summed E-state index contributed by atoms with van der Waals surface area (Å²) in [6.07, 6.45) is 6.89. The minimum absolute atomic E-state index is 0.118. The maximum atomic E-state index is 16.8. The van der Waals surface area contributed by atoms with Crippen molar-refractivity contribution in [3.8, 4) is 0 Å². The molecule has 156 valence electrons. The average Bonchev–Trinajstić information content (AvgIpc) is 2.98. The van der Waals surface area contributed by atoms with E-state index in [1.165, 1.54) is 19.1 Å². The van der Waals surface area contributed by atoms with Gasteiger partial charge in [0.05, 0.1) is 6.10 Å². The van der Waals surface area contributed by atoms with E-state index in [4.69, 9.17) is 4.74 Å². The number of hydrogen-bond donors (Lipinski definition) is 1. The number of rotatable bonds is 3. The summed E-state index contributed by atoms with van der Waals surface area (Å²) in [7, 11) is 0. The summed E-state index contributed by atoms with van der Waals surface area (Å²) in [4.78, 5) is 35.6. The average molecular weight is 402 g/mol. The van der Waals surface area contributed by atoms with Crippen LogP contribution in [0.4, 0.5) is 4.39 Å². The number of aliphatic hydroxyl groups is 1. The van der Waals surface area contributed by atoms with E-state index in [1.807, 2.05) is 13.0 Å². The number of hydrogen-bond acceptors (Lipinski definition) is 5. The van der Waals surface area contributed by atoms with Crippen LogP contribution in [0, 0.1) is 22.7 Å². The van der Waals surface area contributed by atoms with E-state index in [0.29, 0.717) is 24.8 Å². The van der Waals surface area contributed by atoms with Crippen LogP contribution in [0.5, 0.6) is 0 Å². The lowest BCUT2D eigenvalue weighted by Gasteiger charge is -2.61. The molecule has 4 aliphatic carbocycles. The predicted molar refractivity (Wildman–Crippen MR) is 103 cm³/mol. The number of esters is 1. The Labute approximate surface area is 169 Å². The SMILES string of the molecule is CC(=O)OCC(=O)C1=CC[C@@H]2[C@H]3CCC4=CC(=O)C=C[C@]4(C)[C@]3(F)[C@H](O)C[C@]12C. The first-order valence-electron chi connectivity index (χ1n) is 10.2. The van der Waals surface area contributed by atoms with Gasteiger partial charge in [-0.2, -0.15) is 0 Å². The molecule has 0 aromatic heterocycles. The van der Waals surface area contributed by atoms with Crippen molar-refractivity contribution >= 4 is 17.5 Å². The quantitative estimate of drug-likeness (QED) is 0.734. The van der Waals surface area contributed by atoms with Crippen molar-refractivity contribution in [1.29, 1.82) is 0 Å². The number of ketones is 2. The molecule has 0 amide bonds. The van der Waals surface area contributed by atoms with Gasteiger partial charge >= 0.3 is 5.97 Å². The molecule has 29 heavy (non-hydrogen) atoms. The van der Waals surface area contributed by atoms with Crippen LogP contribution in [0.3, 0.4) is 0 Å². The minimum atomic E-state index is -1.90. The summed E-state index contributed by atoms with van der Waals surface area (Å²) in [5.74, 6) is -1.52. The molecule has 5 nitrogen and oxygen atoms in total. The van der Waals surface area contributed by atoms with E-state index in [0.717, 1.165) is 5.57 Å². The highest BCUT2D eigenvalue weighted by Gasteiger charge is 2.69. The fourth-order valence-corrected chi connectivity index (χ4v) is 6.46. The van der Waals surface area contributed by atoms with Gasteiger partial charge < -0.3 is 9.84 Å². The molecule has 4 aliphatic rings. The maximum absolute atomic E-state index is 16.8. The highest BCUT2D eigenvalue weighted by Crippen LogP contribution is 2.67. The van der Waals surface area contributed by atoms with E-state index in [2.05, 4.69) is 0 Å². The van der Waals surface area contributed by atoms with Gasteiger partial charge in [-0.05, 0) is 50.7 Å². The molecule has 0 heterocycles. The van der Waals surface area contributed by atoms with Crippen molar-refractivity contribution < 1.29 is 28.6 Å². The third-order valence-electron chi connectivity index (χ3n) is 7.93. The number of Topliss-reactive ketones (excluding diaryl/α,β-unsaturated/α-hetero) is 1. The third-order valence-corrected chi connectivity index (χ3v) is 7.93. The second-order valence-corrected chi connectivity index (χ2v) is 9.32. The number of carbonyl (C=O) groups excluding carboxylic acids is 3. The van der Waals surface area contributed by atoms with Crippen molar-refractivity contribution in [3.05, 3.63) is 35.5 Å².